The maximum absolute atomic E-state index is 12.6. The number of pyridine rings is 1. The van der Waals surface area contributed by atoms with Crippen LogP contribution in [0.1, 0.15) is 55.2 Å². The molecule has 28 heavy (non-hydrogen) atoms. The van der Waals surface area contributed by atoms with E-state index in [2.05, 4.69) is 17.2 Å². The molecular weight excluding hydrogens is 375 g/mol. The van der Waals surface area contributed by atoms with Crippen LogP contribution < -0.4 is 5.32 Å². The van der Waals surface area contributed by atoms with Gasteiger partial charge in [-0.3, -0.25) is 14.3 Å². The highest BCUT2D eigenvalue weighted by molar-refractivity contribution is 7.53. The van der Waals surface area contributed by atoms with Crippen LogP contribution in [0, 0.1) is 0 Å². The third-order valence-electron chi connectivity index (χ3n) is 4.12. The molecule has 0 radical (unpaired) electrons. The Morgan fingerprint density at radius 2 is 1.64 bits per heavy atom. The summed E-state index contributed by atoms with van der Waals surface area (Å²) in [5, 5.41) is 2.83. The first kappa shape index (κ1) is 22.3. The van der Waals surface area contributed by atoms with Crippen molar-refractivity contribution in [1.29, 1.82) is 0 Å². The van der Waals surface area contributed by atoms with Gasteiger partial charge in [0, 0.05) is 11.9 Å². The minimum Gasteiger partial charge on any atom is -0.321 e. The summed E-state index contributed by atoms with van der Waals surface area (Å²) < 4.78 is 23.2. The molecule has 0 spiro atoms. The van der Waals surface area contributed by atoms with E-state index < -0.39 is 7.60 Å². The number of carbonyl (C=O) groups is 1. The minimum atomic E-state index is -3.14. The summed E-state index contributed by atoms with van der Waals surface area (Å²) in [6, 6.07) is 10.8. The fraction of sp³-hybridized carbons (Fsp3) is 0.429. The number of nitrogens with one attached hydrogen (secondary N) is 1. The van der Waals surface area contributed by atoms with Crippen molar-refractivity contribution in [2.24, 2.45) is 0 Å². The summed E-state index contributed by atoms with van der Waals surface area (Å²) in [5.74, 6) is -0.260. The topological polar surface area (TPSA) is 77.5 Å². The van der Waals surface area contributed by atoms with Gasteiger partial charge in [-0.25, -0.2) is 0 Å². The van der Waals surface area contributed by atoms with E-state index in [1.54, 1.807) is 38.2 Å². The van der Waals surface area contributed by atoms with Crippen molar-refractivity contribution in [2.45, 2.75) is 46.2 Å². The molecule has 1 aromatic carbocycles. The first-order chi connectivity index (χ1) is 13.5. The van der Waals surface area contributed by atoms with Gasteiger partial charge in [0.25, 0.3) is 5.91 Å². The van der Waals surface area contributed by atoms with Gasteiger partial charge < -0.3 is 14.4 Å². The Hall–Kier alpha value is -2.01. The zero-order chi connectivity index (χ0) is 20.4. The van der Waals surface area contributed by atoms with Crippen LogP contribution in [0.15, 0.2) is 42.6 Å². The fourth-order valence-corrected chi connectivity index (χ4v) is 4.42. The average molecular weight is 404 g/mol. The number of unbranched alkanes of at least 4 members (excludes halogenated alkanes) is 1. The SMILES string of the molecule is CCCCc1ccc(C(=O)Nc2ccc(CP(=O)(OCC)OCC)cc2)nc1. The summed E-state index contributed by atoms with van der Waals surface area (Å²) >= 11 is 0. The molecule has 6 nitrogen and oxygen atoms in total. The third-order valence-corrected chi connectivity index (χ3v) is 6.17. The standard InChI is InChI=1S/C21H29N2O4P/c1-4-7-8-17-11-14-20(22-15-17)21(24)23-19-12-9-18(10-13-19)16-28(25,26-5-2)27-6-3/h9-15H,4-8,16H2,1-3H3,(H,23,24). The molecule has 0 aliphatic carbocycles. The molecule has 7 heteroatoms. The second-order valence-electron chi connectivity index (χ2n) is 6.41. The average Bonchev–Trinajstić information content (AvgIpc) is 2.68. The second-order valence-corrected chi connectivity index (χ2v) is 8.47. The Morgan fingerprint density at radius 3 is 2.18 bits per heavy atom. The van der Waals surface area contributed by atoms with Gasteiger partial charge in [0.05, 0.1) is 19.4 Å². The van der Waals surface area contributed by atoms with Crippen molar-refractivity contribution >= 4 is 19.2 Å². The highest BCUT2D eigenvalue weighted by Gasteiger charge is 2.23. The van der Waals surface area contributed by atoms with Crippen LogP contribution in [0.5, 0.6) is 0 Å². The predicted molar refractivity (Wildman–Crippen MR) is 112 cm³/mol. The van der Waals surface area contributed by atoms with Crippen molar-refractivity contribution in [2.75, 3.05) is 18.5 Å². The molecular formula is C21H29N2O4P. The molecule has 0 fully saturated rings. The third kappa shape index (κ3) is 6.86. The smallest absolute Gasteiger partial charge is 0.321 e. The Balaban J connectivity index is 1.97. The van der Waals surface area contributed by atoms with E-state index in [1.165, 1.54) is 0 Å². The molecule has 0 aliphatic rings. The number of aryl methyl sites for hydroxylation is 1. The van der Waals surface area contributed by atoms with Crippen LogP contribution in [0.25, 0.3) is 0 Å². The van der Waals surface area contributed by atoms with Crippen molar-refractivity contribution in [3.05, 3.63) is 59.4 Å². The van der Waals surface area contributed by atoms with Gasteiger partial charge in [0.15, 0.2) is 0 Å². The van der Waals surface area contributed by atoms with Crippen LogP contribution >= 0.6 is 7.60 Å². The number of nitrogens with zero attached hydrogens (tertiary/aromatic N) is 1. The van der Waals surface area contributed by atoms with Crippen molar-refractivity contribution < 1.29 is 18.4 Å². The van der Waals surface area contributed by atoms with Crippen LogP contribution in [0.3, 0.4) is 0 Å². The van der Waals surface area contributed by atoms with Crippen molar-refractivity contribution in [3.8, 4) is 0 Å². The van der Waals surface area contributed by atoms with Gasteiger partial charge in [-0.05, 0) is 56.0 Å². The number of hydrogen-bond donors (Lipinski definition) is 1. The number of amides is 1. The maximum atomic E-state index is 12.6. The highest BCUT2D eigenvalue weighted by Crippen LogP contribution is 2.51. The summed E-state index contributed by atoms with van der Waals surface area (Å²) in [7, 11) is -3.14. The molecule has 2 rings (SSSR count). The molecule has 0 aliphatic heterocycles. The van der Waals surface area contributed by atoms with Gasteiger partial charge >= 0.3 is 7.60 Å². The first-order valence-corrected chi connectivity index (χ1v) is 11.5. The Kier molecular flexibility index (Phi) is 8.84. The number of aromatic nitrogens is 1. The molecule has 0 saturated heterocycles. The Labute approximate surface area is 167 Å². The van der Waals surface area contributed by atoms with E-state index in [1.807, 2.05) is 18.2 Å². The van der Waals surface area contributed by atoms with Crippen LogP contribution in [0.4, 0.5) is 5.69 Å². The van der Waals surface area contributed by atoms with Gasteiger partial charge in [-0.15, -0.1) is 0 Å². The molecule has 1 amide bonds. The maximum Gasteiger partial charge on any atom is 0.335 e. The number of hydrogen-bond acceptors (Lipinski definition) is 5. The number of anilines is 1. The fourth-order valence-electron chi connectivity index (χ4n) is 2.72. The van der Waals surface area contributed by atoms with Crippen LogP contribution in [-0.4, -0.2) is 24.1 Å². The summed E-state index contributed by atoms with van der Waals surface area (Å²) in [6.07, 6.45) is 5.17. The zero-order valence-electron chi connectivity index (χ0n) is 16.8. The second kappa shape index (κ2) is 11.1. The summed E-state index contributed by atoms with van der Waals surface area (Å²) in [6.45, 7) is 6.38. The van der Waals surface area contributed by atoms with Gasteiger partial charge in [0.1, 0.15) is 5.69 Å². The largest absolute Gasteiger partial charge is 0.335 e. The number of benzene rings is 1. The molecule has 1 N–H and O–H groups in total. The van der Waals surface area contributed by atoms with E-state index in [-0.39, 0.29) is 12.1 Å². The Morgan fingerprint density at radius 1 is 1.00 bits per heavy atom. The normalized spacial score (nSPS) is 11.4. The summed E-state index contributed by atoms with van der Waals surface area (Å²) in [5.41, 5.74) is 2.98. The highest BCUT2D eigenvalue weighted by atomic mass is 31.2. The molecule has 0 atom stereocenters. The molecule has 0 unspecified atom stereocenters. The molecule has 2 aromatic rings. The molecule has 1 aromatic heterocycles. The zero-order valence-corrected chi connectivity index (χ0v) is 17.7. The van der Waals surface area contributed by atoms with Gasteiger partial charge in [0.2, 0.25) is 0 Å². The lowest BCUT2D eigenvalue weighted by molar-refractivity contribution is 0.102. The van der Waals surface area contributed by atoms with E-state index in [0.717, 1.165) is 30.4 Å². The Bertz CT molecular complexity index is 781. The summed E-state index contributed by atoms with van der Waals surface area (Å²) in [4.78, 5) is 16.6. The predicted octanol–water partition coefficient (Wildman–Crippen LogP) is 5.44. The van der Waals surface area contributed by atoms with Gasteiger partial charge in [-0.1, -0.05) is 31.5 Å². The molecule has 152 valence electrons. The minimum absolute atomic E-state index is 0.198. The molecule has 0 saturated carbocycles. The van der Waals surface area contributed by atoms with Crippen molar-refractivity contribution in [3.63, 3.8) is 0 Å². The monoisotopic (exact) mass is 404 g/mol. The van der Waals surface area contributed by atoms with E-state index >= 15 is 0 Å². The first-order valence-electron chi connectivity index (χ1n) is 9.73. The lowest BCUT2D eigenvalue weighted by atomic mass is 10.1. The quantitative estimate of drug-likeness (QED) is 0.505. The number of carbonyl (C=O) groups excluding carboxylic acids is 1. The van der Waals surface area contributed by atoms with Crippen LogP contribution in [-0.2, 0) is 26.2 Å². The molecule has 0 bridgehead atoms. The molecule has 1 heterocycles. The van der Waals surface area contributed by atoms with Crippen molar-refractivity contribution in [1.82, 2.24) is 4.98 Å². The van der Waals surface area contributed by atoms with Gasteiger partial charge in [-0.2, -0.15) is 0 Å². The number of rotatable bonds is 11. The van der Waals surface area contributed by atoms with E-state index in [9.17, 15) is 9.36 Å². The van der Waals surface area contributed by atoms with E-state index in [4.69, 9.17) is 9.05 Å². The lowest BCUT2D eigenvalue weighted by Gasteiger charge is -2.17. The van der Waals surface area contributed by atoms with Crippen LogP contribution in [0.2, 0.25) is 0 Å². The van der Waals surface area contributed by atoms with E-state index in [0.29, 0.717) is 24.6 Å². The lowest BCUT2D eigenvalue weighted by Crippen LogP contribution is -2.13.